The Morgan fingerprint density at radius 2 is 1.35 bits per heavy atom. The van der Waals surface area contributed by atoms with E-state index in [9.17, 15) is 0 Å². The predicted molar refractivity (Wildman–Crippen MR) is 90.1 cm³/mol. The highest BCUT2D eigenvalue weighted by Crippen LogP contribution is 2.12. The van der Waals surface area contributed by atoms with Crippen LogP contribution in [0.5, 0.6) is 0 Å². The summed E-state index contributed by atoms with van der Waals surface area (Å²) >= 11 is 0. The smallest absolute Gasteiger partial charge is 0.00793 e. The molecule has 0 aromatic heterocycles. The Kier molecular flexibility index (Phi) is 9.40. The molecule has 0 fully saturated rings. The highest BCUT2D eigenvalue weighted by atomic mass is 14.6. The number of unbranched alkanes of at least 4 members (excludes halogenated alkanes) is 6. The van der Waals surface area contributed by atoms with E-state index in [1.165, 1.54) is 62.5 Å². The Balaban J connectivity index is 2.08. The van der Waals surface area contributed by atoms with Gasteiger partial charge in [-0.1, -0.05) is 83.1 Å². The number of hydrogen-bond acceptors (Lipinski definition) is 1. The topological polar surface area (TPSA) is 26.0 Å². The Labute approximate surface area is 126 Å². The van der Waals surface area contributed by atoms with E-state index in [-0.39, 0.29) is 0 Å². The van der Waals surface area contributed by atoms with Gasteiger partial charge in [-0.2, -0.15) is 0 Å². The van der Waals surface area contributed by atoms with E-state index in [2.05, 4.69) is 38.1 Å². The highest BCUT2D eigenvalue weighted by molar-refractivity contribution is 5.23. The van der Waals surface area contributed by atoms with Gasteiger partial charge in [0.1, 0.15) is 0 Å². The SMILES string of the molecule is CCCCCCCCCC(N)Cc1ccc(CC)cc1. The fraction of sp³-hybridized carbons (Fsp3) is 0.684. The molecule has 2 N–H and O–H groups in total. The maximum Gasteiger partial charge on any atom is 0.00793 e. The van der Waals surface area contributed by atoms with Crippen LogP contribution in [0, 0.1) is 0 Å². The van der Waals surface area contributed by atoms with Crippen LogP contribution in [0.4, 0.5) is 0 Å². The van der Waals surface area contributed by atoms with Crippen molar-refractivity contribution in [1.82, 2.24) is 0 Å². The van der Waals surface area contributed by atoms with Gasteiger partial charge in [0.2, 0.25) is 0 Å². The van der Waals surface area contributed by atoms with Crippen LogP contribution in [0.2, 0.25) is 0 Å². The van der Waals surface area contributed by atoms with Crippen LogP contribution in [0.15, 0.2) is 24.3 Å². The summed E-state index contributed by atoms with van der Waals surface area (Å²) in [5.41, 5.74) is 9.04. The second-order valence-electron chi connectivity index (χ2n) is 6.04. The van der Waals surface area contributed by atoms with E-state index >= 15 is 0 Å². The lowest BCUT2D eigenvalue weighted by atomic mass is 9.99. The van der Waals surface area contributed by atoms with Crippen molar-refractivity contribution in [3.05, 3.63) is 35.4 Å². The third-order valence-corrected chi connectivity index (χ3v) is 4.11. The van der Waals surface area contributed by atoms with Crippen molar-refractivity contribution in [3.8, 4) is 0 Å². The van der Waals surface area contributed by atoms with Crippen LogP contribution < -0.4 is 5.73 Å². The Morgan fingerprint density at radius 3 is 1.95 bits per heavy atom. The van der Waals surface area contributed by atoms with Crippen molar-refractivity contribution in [1.29, 1.82) is 0 Å². The second kappa shape index (κ2) is 10.9. The molecule has 0 heterocycles. The van der Waals surface area contributed by atoms with Crippen LogP contribution in [0.1, 0.15) is 76.3 Å². The van der Waals surface area contributed by atoms with Crippen molar-refractivity contribution in [2.45, 2.75) is 84.1 Å². The summed E-state index contributed by atoms with van der Waals surface area (Å²) < 4.78 is 0. The molecule has 1 atom stereocenters. The Hall–Kier alpha value is -0.820. The average molecular weight is 275 g/mol. The maximum absolute atomic E-state index is 6.24. The van der Waals surface area contributed by atoms with Crippen LogP contribution in [-0.2, 0) is 12.8 Å². The monoisotopic (exact) mass is 275 g/mol. The van der Waals surface area contributed by atoms with Gasteiger partial charge in [0, 0.05) is 6.04 Å². The Bertz CT molecular complexity index is 328. The summed E-state index contributed by atoms with van der Waals surface area (Å²) in [6.45, 7) is 4.47. The molecule has 1 aromatic rings. The molecule has 0 aliphatic heterocycles. The normalized spacial score (nSPS) is 12.6. The van der Waals surface area contributed by atoms with E-state index in [1.54, 1.807) is 0 Å². The molecular weight excluding hydrogens is 242 g/mol. The third kappa shape index (κ3) is 7.69. The minimum atomic E-state index is 0.332. The van der Waals surface area contributed by atoms with Gasteiger partial charge < -0.3 is 5.73 Å². The minimum Gasteiger partial charge on any atom is -0.327 e. The number of aryl methyl sites for hydroxylation is 1. The molecule has 0 saturated carbocycles. The molecule has 1 heteroatoms. The molecule has 0 aliphatic carbocycles. The number of benzene rings is 1. The summed E-state index contributed by atoms with van der Waals surface area (Å²) in [7, 11) is 0. The lowest BCUT2D eigenvalue weighted by Crippen LogP contribution is -2.22. The molecular formula is C19H33N. The first-order chi connectivity index (χ1) is 9.76. The predicted octanol–water partition coefficient (Wildman–Crippen LogP) is 5.26. The molecule has 0 saturated heterocycles. The molecule has 0 aliphatic rings. The van der Waals surface area contributed by atoms with Gasteiger partial charge in [-0.3, -0.25) is 0 Å². The van der Waals surface area contributed by atoms with Gasteiger partial charge in [-0.05, 0) is 30.4 Å². The molecule has 1 aromatic carbocycles. The van der Waals surface area contributed by atoms with Gasteiger partial charge in [-0.25, -0.2) is 0 Å². The maximum atomic E-state index is 6.24. The first-order valence-corrected chi connectivity index (χ1v) is 8.59. The van der Waals surface area contributed by atoms with E-state index in [0.29, 0.717) is 6.04 Å². The van der Waals surface area contributed by atoms with Crippen molar-refractivity contribution >= 4 is 0 Å². The summed E-state index contributed by atoms with van der Waals surface area (Å²) in [4.78, 5) is 0. The van der Waals surface area contributed by atoms with Crippen molar-refractivity contribution in [2.24, 2.45) is 5.73 Å². The van der Waals surface area contributed by atoms with Crippen LogP contribution in [-0.4, -0.2) is 6.04 Å². The first-order valence-electron chi connectivity index (χ1n) is 8.59. The molecule has 114 valence electrons. The molecule has 0 amide bonds. The summed E-state index contributed by atoms with van der Waals surface area (Å²) in [5.74, 6) is 0. The highest BCUT2D eigenvalue weighted by Gasteiger charge is 2.04. The second-order valence-corrected chi connectivity index (χ2v) is 6.04. The van der Waals surface area contributed by atoms with E-state index in [0.717, 1.165) is 12.8 Å². The third-order valence-electron chi connectivity index (χ3n) is 4.11. The van der Waals surface area contributed by atoms with Crippen molar-refractivity contribution < 1.29 is 0 Å². The Morgan fingerprint density at radius 1 is 0.800 bits per heavy atom. The first kappa shape index (κ1) is 17.2. The molecule has 0 radical (unpaired) electrons. The van der Waals surface area contributed by atoms with E-state index < -0.39 is 0 Å². The number of rotatable bonds is 11. The minimum absolute atomic E-state index is 0.332. The molecule has 0 spiro atoms. The zero-order valence-corrected chi connectivity index (χ0v) is 13.5. The standard InChI is InChI=1S/C19H33N/c1-3-5-6-7-8-9-10-11-19(20)16-18-14-12-17(4-2)13-15-18/h12-15,19H,3-11,16,20H2,1-2H3. The largest absolute Gasteiger partial charge is 0.327 e. The van der Waals surface area contributed by atoms with Crippen LogP contribution in [0.3, 0.4) is 0 Å². The summed E-state index contributed by atoms with van der Waals surface area (Å²) in [6, 6.07) is 9.27. The molecule has 1 unspecified atom stereocenters. The summed E-state index contributed by atoms with van der Waals surface area (Å²) in [6.07, 6.45) is 12.9. The number of hydrogen-bond donors (Lipinski definition) is 1. The van der Waals surface area contributed by atoms with E-state index in [1.807, 2.05) is 0 Å². The molecule has 0 bridgehead atoms. The van der Waals surface area contributed by atoms with Gasteiger partial charge in [0.25, 0.3) is 0 Å². The zero-order chi connectivity index (χ0) is 14.6. The van der Waals surface area contributed by atoms with Gasteiger partial charge >= 0.3 is 0 Å². The van der Waals surface area contributed by atoms with Gasteiger partial charge in [0.05, 0.1) is 0 Å². The van der Waals surface area contributed by atoms with E-state index in [4.69, 9.17) is 5.73 Å². The molecule has 1 rings (SSSR count). The van der Waals surface area contributed by atoms with Crippen molar-refractivity contribution in [3.63, 3.8) is 0 Å². The average Bonchev–Trinajstić information content (AvgIpc) is 2.47. The van der Waals surface area contributed by atoms with Crippen LogP contribution in [0.25, 0.3) is 0 Å². The van der Waals surface area contributed by atoms with Gasteiger partial charge in [0.15, 0.2) is 0 Å². The van der Waals surface area contributed by atoms with Crippen molar-refractivity contribution in [2.75, 3.05) is 0 Å². The zero-order valence-electron chi connectivity index (χ0n) is 13.5. The lowest BCUT2D eigenvalue weighted by molar-refractivity contribution is 0.528. The molecule has 1 nitrogen and oxygen atoms in total. The van der Waals surface area contributed by atoms with Crippen LogP contribution >= 0.6 is 0 Å². The summed E-state index contributed by atoms with van der Waals surface area (Å²) in [5, 5.41) is 0. The fourth-order valence-corrected chi connectivity index (χ4v) is 2.68. The fourth-order valence-electron chi connectivity index (χ4n) is 2.68. The quantitative estimate of drug-likeness (QED) is 0.548. The lowest BCUT2D eigenvalue weighted by Gasteiger charge is -2.12. The molecule has 20 heavy (non-hydrogen) atoms. The van der Waals surface area contributed by atoms with Gasteiger partial charge in [-0.15, -0.1) is 0 Å². The number of nitrogens with two attached hydrogens (primary N) is 1.